The van der Waals surface area contributed by atoms with Crippen LogP contribution in [-0.2, 0) is 0 Å². The Bertz CT molecular complexity index is 508. The van der Waals surface area contributed by atoms with E-state index in [1.54, 1.807) is 4.90 Å². The van der Waals surface area contributed by atoms with Gasteiger partial charge in [0, 0.05) is 12.6 Å². The molecule has 1 aliphatic carbocycles. The van der Waals surface area contributed by atoms with E-state index < -0.39 is 4.92 Å². The minimum Gasteiger partial charge on any atom is -0.378 e. The monoisotopic (exact) mass is 248 g/mol. The number of hydrogen-bond acceptors (Lipinski definition) is 7. The molecule has 1 fully saturated rings. The summed E-state index contributed by atoms with van der Waals surface area (Å²) in [7, 11) is 0. The Morgan fingerprint density at radius 1 is 1.61 bits per heavy atom. The predicted molar refractivity (Wildman–Crippen MR) is 63.7 cm³/mol. The molecule has 0 aromatic carbocycles. The van der Waals surface area contributed by atoms with Crippen LogP contribution in [0.4, 0.5) is 17.3 Å². The molecule has 1 aromatic rings. The molecule has 94 valence electrons. The van der Waals surface area contributed by atoms with Gasteiger partial charge in [0.2, 0.25) is 11.6 Å². The van der Waals surface area contributed by atoms with Crippen molar-refractivity contribution >= 4 is 17.3 Å². The van der Waals surface area contributed by atoms with Gasteiger partial charge in [0.05, 0.1) is 17.4 Å². The third kappa shape index (κ3) is 2.29. The summed E-state index contributed by atoms with van der Waals surface area (Å²) in [6.07, 6.45) is 3.40. The summed E-state index contributed by atoms with van der Waals surface area (Å²) in [4.78, 5) is 19.8. The van der Waals surface area contributed by atoms with E-state index in [0.717, 1.165) is 12.8 Å². The second-order valence-corrected chi connectivity index (χ2v) is 4.02. The fraction of sp³-hybridized carbons (Fsp3) is 0.500. The molecule has 2 N–H and O–H groups in total. The Labute approximate surface area is 103 Å². The summed E-state index contributed by atoms with van der Waals surface area (Å²) < 4.78 is 0. The van der Waals surface area contributed by atoms with E-state index in [9.17, 15) is 10.1 Å². The van der Waals surface area contributed by atoms with Crippen LogP contribution in [0.5, 0.6) is 0 Å². The van der Waals surface area contributed by atoms with Crippen molar-refractivity contribution in [1.29, 1.82) is 5.26 Å². The summed E-state index contributed by atoms with van der Waals surface area (Å²) in [5.41, 5.74) is 5.25. The van der Waals surface area contributed by atoms with E-state index in [1.165, 1.54) is 6.33 Å². The van der Waals surface area contributed by atoms with Gasteiger partial charge in [-0.05, 0) is 12.8 Å². The average Bonchev–Trinajstić information content (AvgIpc) is 3.13. The molecule has 8 heteroatoms. The van der Waals surface area contributed by atoms with Gasteiger partial charge in [-0.15, -0.1) is 0 Å². The van der Waals surface area contributed by atoms with Crippen molar-refractivity contribution < 1.29 is 4.92 Å². The quantitative estimate of drug-likeness (QED) is 0.605. The van der Waals surface area contributed by atoms with Crippen LogP contribution < -0.4 is 10.6 Å². The van der Waals surface area contributed by atoms with Gasteiger partial charge in [-0.2, -0.15) is 5.26 Å². The molecule has 0 radical (unpaired) electrons. The molecule has 0 aliphatic heterocycles. The molecule has 2 rings (SSSR count). The van der Waals surface area contributed by atoms with E-state index in [4.69, 9.17) is 11.0 Å². The number of nitrogens with two attached hydrogens (primary N) is 1. The molecule has 1 heterocycles. The van der Waals surface area contributed by atoms with Crippen LogP contribution in [0.15, 0.2) is 6.33 Å². The zero-order chi connectivity index (χ0) is 13.1. The van der Waals surface area contributed by atoms with Crippen LogP contribution in [0, 0.1) is 21.4 Å². The summed E-state index contributed by atoms with van der Waals surface area (Å²) in [5.74, 6) is 0.0675. The third-order valence-corrected chi connectivity index (χ3v) is 2.74. The Morgan fingerprint density at radius 3 is 2.89 bits per heavy atom. The molecule has 0 unspecified atom stereocenters. The molecular formula is C10H12N6O2. The molecular weight excluding hydrogens is 236 g/mol. The van der Waals surface area contributed by atoms with E-state index in [-0.39, 0.29) is 29.8 Å². The van der Waals surface area contributed by atoms with Crippen LogP contribution in [0.3, 0.4) is 0 Å². The Balaban J connectivity index is 2.38. The van der Waals surface area contributed by atoms with Gasteiger partial charge in [-0.3, -0.25) is 10.1 Å². The lowest BCUT2D eigenvalue weighted by atomic mass is 10.3. The van der Waals surface area contributed by atoms with Crippen LogP contribution in [0.1, 0.15) is 19.3 Å². The molecule has 0 saturated heterocycles. The molecule has 8 nitrogen and oxygen atoms in total. The van der Waals surface area contributed by atoms with Crippen LogP contribution in [0.2, 0.25) is 0 Å². The van der Waals surface area contributed by atoms with Crippen molar-refractivity contribution in [3.05, 3.63) is 16.4 Å². The molecule has 18 heavy (non-hydrogen) atoms. The Morgan fingerprint density at radius 2 is 2.33 bits per heavy atom. The van der Waals surface area contributed by atoms with Gasteiger partial charge >= 0.3 is 5.69 Å². The van der Waals surface area contributed by atoms with Crippen molar-refractivity contribution in [2.75, 3.05) is 17.2 Å². The number of hydrogen-bond donors (Lipinski definition) is 1. The maximum absolute atomic E-state index is 11.0. The topological polar surface area (TPSA) is 122 Å². The van der Waals surface area contributed by atoms with Crippen LogP contribution in [0.25, 0.3) is 0 Å². The van der Waals surface area contributed by atoms with Crippen LogP contribution in [-0.4, -0.2) is 27.5 Å². The number of anilines is 2. The minimum atomic E-state index is -0.577. The Hall–Kier alpha value is -2.43. The highest BCUT2D eigenvalue weighted by Gasteiger charge is 2.35. The number of nitrogens with zero attached hydrogens (tertiary/aromatic N) is 5. The zero-order valence-electron chi connectivity index (χ0n) is 9.61. The lowest BCUT2D eigenvalue weighted by Crippen LogP contribution is -2.28. The zero-order valence-corrected chi connectivity index (χ0v) is 9.61. The highest BCUT2D eigenvalue weighted by molar-refractivity contribution is 5.69. The van der Waals surface area contributed by atoms with Crippen molar-refractivity contribution in [3.8, 4) is 6.07 Å². The van der Waals surface area contributed by atoms with Gasteiger partial charge in [-0.25, -0.2) is 9.97 Å². The van der Waals surface area contributed by atoms with Crippen molar-refractivity contribution in [2.45, 2.75) is 25.3 Å². The fourth-order valence-electron chi connectivity index (χ4n) is 1.79. The van der Waals surface area contributed by atoms with E-state index in [2.05, 4.69) is 9.97 Å². The molecule has 1 aliphatic rings. The second-order valence-electron chi connectivity index (χ2n) is 4.02. The minimum absolute atomic E-state index is 0.146. The van der Waals surface area contributed by atoms with E-state index in [1.807, 2.05) is 6.07 Å². The molecule has 0 spiro atoms. The van der Waals surface area contributed by atoms with Crippen molar-refractivity contribution in [1.82, 2.24) is 9.97 Å². The molecule has 1 aromatic heterocycles. The summed E-state index contributed by atoms with van der Waals surface area (Å²) in [5, 5.41) is 19.6. The molecule has 1 saturated carbocycles. The van der Waals surface area contributed by atoms with Crippen molar-refractivity contribution in [2.24, 2.45) is 0 Å². The first-order chi connectivity index (χ1) is 8.65. The lowest BCUT2D eigenvalue weighted by molar-refractivity contribution is -0.383. The average molecular weight is 248 g/mol. The summed E-state index contributed by atoms with van der Waals surface area (Å²) in [6, 6.07) is 2.24. The Kier molecular flexibility index (Phi) is 3.23. The smallest absolute Gasteiger partial charge is 0.353 e. The number of aromatic nitrogens is 2. The largest absolute Gasteiger partial charge is 0.378 e. The summed E-state index contributed by atoms with van der Waals surface area (Å²) >= 11 is 0. The maximum atomic E-state index is 11.0. The van der Waals surface area contributed by atoms with E-state index >= 15 is 0 Å². The van der Waals surface area contributed by atoms with Gasteiger partial charge in [0.25, 0.3) is 0 Å². The van der Waals surface area contributed by atoms with Gasteiger partial charge < -0.3 is 10.6 Å². The third-order valence-electron chi connectivity index (χ3n) is 2.74. The standard InChI is InChI=1S/C10H12N6O2/c11-4-1-5-15(7-2-3-7)10-8(16(17)18)9(12)13-6-14-10/h6-7H,1-3,5H2,(H2,12,13,14). The van der Waals surface area contributed by atoms with Gasteiger partial charge in [0.1, 0.15) is 6.33 Å². The van der Waals surface area contributed by atoms with E-state index in [0.29, 0.717) is 6.54 Å². The number of rotatable bonds is 5. The summed E-state index contributed by atoms with van der Waals surface area (Å²) in [6.45, 7) is 0.415. The lowest BCUT2D eigenvalue weighted by Gasteiger charge is -2.21. The molecule has 0 atom stereocenters. The normalized spacial score (nSPS) is 13.9. The SMILES string of the molecule is N#CCCN(c1ncnc(N)c1[N+](=O)[O-])C1CC1. The fourth-order valence-corrected chi connectivity index (χ4v) is 1.79. The maximum Gasteiger partial charge on any atom is 0.353 e. The highest BCUT2D eigenvalue weighted by atomic mass is 16.6. The molecule has 0 bridgehead atoms. The second kappa shape index (κ2) is 4.83. The van der Waals surface area contributed by atoms with Gasteiger partial charge in [-0.1, -0.05) is 0 Å². The molecule has 0 amide bonds. The first-order valence-corrected chi connectivity index (χ1v) is 5.53. The number of nitrogen functional groups attached to an aromatic ring is 1. The predicted octanol–water partition coefficient (Wildman–Crippen LogP) is 0.849. The van der Waals surface area contributed by atoms with Gasteiger partial charge in [0.15, 0.2) is 0 Å². The first-order valence-electron chi connectivity index (χ1n) is 5.53. The number of nitro groups is 1. The highest BCUT2D eigenvalue weighted by Crippen LogP contribution is 2.37. The number of nitriles is 1. The van der Waals surface area contributed by atoms with Crippen LogP contribution >= 0.6 is 0 Å². The first kappa shape index (κ1) is 12.0. The van der Waals surface area contributed by atoms with Crippen molar-refractivity contribution in [3.63, 3.8) is 0 Å².